The van der Waals surface area contributed by atoms with Crippen molar-refractivity contribution in [2.24, 2.45) is 5.92 Å². The molecule has 0 aromatic heterocycles. The molecule has 2 aromatic carbocycles. The zero-order chi connectivity index (χ0) is 19.7. The molecule has 0 bridgehead atoms. The summed E-state index contributed by atoms with van der Waals surface area (Å²) < 4.78 is 65.7. The zero-order valence-electron chi connectivity index (χ0n) is 14.6. The zero-order valence-corrected chi connectivity index (χ0v) is 15.4. The Morgan fingerprint density at radius 1 is 1.12 bits per heavy atom. The first kappa shape index (κ1) is 20.1. The van der Waals surface area contributed by atoms with Crippen LogP contribution in [0.25, 0.3) is 0 Å². The highest BCUT2D eigenvalue weighted by Crippen LogP contribution is 2.34. The molecule has 0 aliphatic carbocycles. The average molecular weight is 387 g/mol. The normalized spacial score (nSPS) is 12.4. The van der Waals surface area contributed by atoms with Gasteiger partial charge < -0.3 is 5.11 Å². The highest BCUT2D eigenvalue weighted by molar-refractivity contribution is 7.92. The van der Waals surface area contributed by atoms with Gasteiger partial charge in [0.1, 0.15) is 10.6 Å². The molecule has 26 heavy (non-hydrogen) atoms. The molecule has 0 fully saturated rings. The molecule has 0 unspecified atom stereocenters. The van der Waals surface area contributed by atoms with Crippen molar-refractivity contribution in [3.05, 3.63) is 53.1 Å². The number of anilines is 1. The molecule has 142 valence electrons. The van der Waals surface area contributed by atoms with Gasteiger partial charge in [-0.2, -0.15) is 13.2 Å². The van der Waals surface area contributed by atoms with E-state index in [-0.39, 0.29) is 5.69 Å². The Hall–Kier alpha value is -2.22. The molecule has 0 saturated carbocycles. The average Bonchev–Trinajstić information content (AvgIpc) is 2.48. The number of hydrogen-bond acceptors (Lipinski definition) is 3. The molecule has 0 aliphatic rings. The molecular weight excluding hydrogens is 367 g/mol. The van der Waals surface area contributed by atoms with Gasteiger partial charge in [0.15, 0.2) is 0 Å². The van der Waals surface area contributed by atoms with Crippen molar-refractivity contribution in [3.8, 4) is 5.75 Å². The van der Waals surface area contributed by atoms with E-state index in [1.807, 2.05) is 6.07 Å². The van der Waals surface area contributed by atoms with Gasteiger partial charge in [0.2, 0.25) is 0 Å². The van der Waals surface area contributed by atoms with Gasteiger partial charge in [-0.1, -0.05) is 26.0 Å². The van der Waals surface area contributed by atoms with E-state index in [9.17, 15) is 26.7 Å². The van der Waals surface area contributed by atoms with Crippen LogP contribution in [0.4, 0.5) is 18.9 Å². The maximum Gasteiger partial charge on any atom is 0.416 e. The lowest BCUT2D eigenvalue weighted by atomic mass is 10.0. The molecule has 0 aliphatic heterocycles. The minimum absolute atomic E-state index is 0.245. The van der Waals surface area contributed by atoms with Crippen LogP contribution < -0.4 is 4.72 Å². The standard InChI is InChI=1S/C18H20F3NO3S/c1-11(2)8-13-4-6-15(12(3)9-13)22-26(24,25)17-10-14(18(19,20)21)5-7-16(17)23/h4-7,9-11,22-23H,8H2,1-3H3. The molecule has 8 heteroatoms. The summed E-state index contributed by atoms with van der Waals surface area (Å²) in [5.74, 6) is -0.321. The quantitative estimate of drug-likeness (QED) is 0.780. The Morgan fingerprint density at radius 3 is 2.31 bits per heavy atom. The number of sulfonamides is 1. The summed E-state index contributed by atoms with van der Waals surface area (Å²) in [6, 6.07) is 6.91. The molecule has 2 aromatic rings. The largest absolute Gasteiger partial charge is 0.507 e. The summed E-state index contributed by atoms with van der Waals surface area (Å²) >= 11 is 0. The summed E-state index contributed by atoms with van der Waals surface area (Å²) in [5, 5.41) is 9.74. The molecule has 4 nitrogen and oxygen atoms in total. The van der Waals surface area contributed by atoms with Crippen molar-refractivity contribution in [2.45, 2.75) is 38.3 Å². The van der Waals surface area contributed by atoms with E-state index in [0.29, 0.717) is 23.6 Å². The maximum atomic E-state index is 12.8. The first-order valence-corrected chi connectivity index (χ1v) is 9.41. The molecule has 0 spiro atoms. The highest BCUT2D eigenvalue weighted by atomic mass is 32.2. The third kappa shape index (κ3) is 4.69. The monoisotopic (exact) mass is 387 g/mol. The van der Waals surface area contributed by atoms with E-state index < -0.39 is 32.4 Å². The Morgan fingerprint density at radius 2 is 1.77 bits per heavy atom. The van der Waals surface area contributed by atoms with Gasteiger partial charge in [-0.05, 0) is 54.7 Å². The van der Waals surface area contributed by atoms with Crippen molar-refractivity contribution >= 4 is 15.7 Å². The van der Waals surface area contributed by atoms with E-state index in [1.165, 1.54) is 0 Å². The van der Waals surface area contributed by atoms with E-state index in [1.54, 1.807) is 19.1 Å². The molecule has 0 atom stereocenters. The SMILES string of the molecule is Cc1cc(CC(C)C)ccc1NS(=O)(=O)c1cc(C(F)(F)F)ccc1O. The molecule has 0 amide bonds. The van der Waals surface area contributed by atoms with Crippen LogP contribution in [0.1, 0.15) is 30.5 Å². The van der Waals surface area contributed by atoms with E-state index >= 15 is 0 Å². The Labute approximate surface area is 150 Å². The minimum Gasteiger partial charge on any atom is -0.507 e. The fourth-order valence-corrected chi connectivity index (χ4v) is 3.80. The number of hydrogen-bond donors (Lipinski definition) is 2. The van der Waals surface area contributed by atoms with Gasteiger partial charge in [-0.25, -0.2) is 8.42 Å². The Kier molecular flexibility index (Phi) is 5.55. The smallest absolute Gasteiger partial charge is 0.416 e. The third-order valence-electron chi connectivity index (χ3n) is 3.76. The number of phenolic OH excluding ortho intramolecular Hbond substituents is 1. The van der Waals surface area contributed by atoms with E-state index in [0.717, 1.165) is 18.1 Å². The van der Waals surface area contributed by atoms with Crippen LogP contribution in [-0.2, 0) is 22.6 Å². The number of nitrogens with one attached hydrogen (secondary N) is 1. The van der Waals surface area contributed by atoms with Gasteiger partial charge in [0.25, 0.3) is 10.0 Å². The van der Waals surface area contributed by atoms with Crippen LogP contribution in [0.5, 0.6) is 5.75 Å². The van der Waals surface area contributed by atoms with Crippen LogP contribution in [-0.4, -0.2) is 13.5 Å². The van der Waals surface area contributed by atoms with Crippen LogP contribution in [0, 0.1) is 12.8 Å². The first-order chi connectivity index (χ1) is 11.9. The van der Waals surface area contributed by atoms with Gasteiger partial charge in [0.05, 0.1) is 11.3 Å². The third-order valence-corrected chi connectivity index (χ3v) is 5.15. The summed E-state index contributed by atoms with van der Waals surface area (Å²) in [7, 11) is -4.39. The van der Waals surface area contributed by atoms with Crippen LogP contribution in [0.2, 0.25) is 0 Å². The number of halogens is 3. The predicted octanol–water partition coefficient (Wildman–Crippen LogP) is 4.72. The van der Waals surface area contributed by atoms with Crippen molar-refractivity contribution in [2.75, 3.05) is 4.72 Å². The lowest BCUT2D eigenvalue weighted by molar-refractivity contribution is -0.137. The second kappa shape index (κ2) is 7.19. The Bertz CT molecular complexity index is 906. The fourth-order valence-electron chi connectivity index (χ4n) is 2.54. The van der Waals surface area contributed by atoms with Crippen molar-refractivity contribution in [1.29, 1.82) is 0 Å². The molecule has 0 radical (unpaired) electrons. The fraction of sp³-hybridized carbons (Fsp3) is 0.333. The van der Waals surface area contributed by atoms with Crippen molar-refractivity contribution < 1.29 is 26.7 Å². The van der Waals surface area contributed by atoms with Gasteiger partial charge in [-0.15, -0.1) is 0 Å². The number of phenols is 1. The van der Waals surface area contributed by atoms with Gasteiger partial charge in [-0.3, -0.25) is 4.72 Å². The number of aromatic hydroxyl groups is 1. The predicted molar refractivity (Wildman–Crippen MR) is 93.6 cm³/mol. The number of benzene rings is 2. The number of alkyl halides is 3. The van der Waals surface area contributed by atoms with Crippen molar-refractivity contribution in [3.63, 3.8) is 0 Å². The van der Waals surface area contributed by atoms with Crippen molar-refractivity contribution in [1.82, 2.24) is 0 Å². The highest BCUT2D eigenvalue weighted by Gasteiger charge is 2.33. The van der Waals surface area contributed by atoms with Gasteiger partial charge >= 0.3 is 6.18 Å². The lowest BCUT2D eigenvalue weighted by Crippen LogP contribution is -2.15. The summed E-state index contributed by atoms with van der Waals surface area (Å²) in [6.07, 6.45) is -3.89. The summed E-state index contributed by atoms with van der Waals surface area (Å²) in [4.78, 5) is -0.821. The second-order valence-corrected chi connectivity index (χ2v) is 8.18. The lowest BCUT2D eigenvalue weighted by Gasteiger charge is -2.15. The van der Waals surface area contributed by atoms with E-state index in [4.69, 9.17) is 0 Å². The Balaban J connectivity index is 2.38. The van der Waals surface area contributed by atoms with Gasteiger partial charge in [0, 0.05) is 0 Å². The van der Waals surface area contributed by atoms with Crippen LogP contribution in [0.15, 0.2) is 41.3 Å². The van der Waals surface area contributed by atoms with Crippen LogP contribution in [0.3, 0.4) is 0 Å². The molecule has 2 N–H and O–H groups in total. The molecular formula is C18H20F3NO3S. The molecule has 0 saturated heterocycles. The number of aryl methyl sites for hydroxylation is 1. The minimum atomic E-state index is -4.72. The summed E-state index contributed by atoms with van der Waals surface area (Å²) in [6.45, 7) is 5.82. The second-order valence-electron chi connectivity index (χ2n) is 6.53. The van der Waals surface area contributed by atoms with E-state index in [2.05, 4.69) is 18.6 Å². The maximum absolute atomic E-state index is 12.8. The summed E-state index contributed by atoms with van der Waals surface area (Å²) in [5.41, 5.74) is 0.759. The topological polar surface area (TPSA) is 66.4 Å². The van der Waals surface area contributed by atoms with Crippen LogP contribution >= 0.6 is 0 Å². The molecule has 0 heterocycles. The molecule has 2 rings (SSSR count). The first-order valence-electron chi connectivity index (χ1n) is 7.92. The number of rotatable bonds is 5.